The summed E-state index contributed by atoms with van der Waals surface area (Å²) in [6.07, 6.45) is 0.260. The van der Waals surface area contributed by atoms with Gasteiger partial charge in [-0.15, -0.1) is 0 Å². The Bertz CT molecular complexity index is 483. The molecule has 5 nitrogen and oxygen atoms in total. The Balaban J connectivity index is 2.49. The first-order valence-corrected chi connectivity index (χ1v) is 6.97. The molecule has 21 heavy (non-hydrogen) atoms. The summed E-state index contributed by atoms with van der Waals surface area (Å²) in [5.74, 6) is -0.760. The zero-order chi connectivity index (χ0) is 15.8. The Morgan fingerprint density at radius 3 is 2.48 bits per heavy atom. The third-order valence-corrected chi connectivity index (χ3v) is 3.29. The van der Waals surface area contributed by atoms with Crippen LogP contribution in [0, 0.1) is 5.92 Å². The second-order valence-corrected chi connectivity index (χ2v) is 4.76. The minimum Gasteiger partial charge on any atom is -0.482 e. The van der Waals surface area contributed by atoms with Crippen LogP contribution in [0.1, 0.15) is 26.3 Å². The van der Waals surface area contributed by atoms with Gasteiger partial charge in [0.05, 0.1) is 13.0 Å². The molecule has 1 rings (SSSR count). The van der Waals surface area contributed by atoms with Crippen molar-refractivity contribution in [3.05, 3.63) is 29.8 Å². The van der Waals surface area contributed by atoms with E-state index in [9.17, 15) is 9.59 Å². The van der Waals surface area contributed by atoms with E-state index in [-0.39, 0.29) is 6.61 Å². The number of rotatable bonds is 7. The standard InChI is InChI=1S/C16H22O5/c1-5-13-8-6-7-9-14(13)20-10-15(17)21-12(3)11(2)16(18)19-4/h6-9,11-12H,5,10H2,1-4H3/t11-,12+/m0/s1. The first-order valence-electron chi connectivity index (χ1n) is 6.97. The van der Waals surface area contributed by atoms with Gasteiger partial charge in [0.1, 0.15) is 11.9 Å². The van der Waals surface area contributed by atoms with Crippen molar-refractivity contribution in [2.45, 2.75) is 33.3 Å². The molecule has 0 heterocycles. The van der Waals surface area contributed by atoms with Gasteiger partial charge in [-0.05, 0) is 31.9 Å². The summed E-state index contributed by atoms with van der Waals surface area (Å²) in [6.45, 7) is 5.13. The topological polar surface area (TPSA) is 61.8 Å². The second kappa shape index (κ2) is 8.29. The average molecular weight is 294 g/mol. The number of carbonyl (C=O) groups is 2. The molecule has 0 saturated heterocycles. The van der Waals surface area contributed by atoms with Crippen LogP contribution >= 0.6 is 0 Å². The maximum absolute atomic E-state index is 11.7. The van der Waals surface area contributed by atoms with Crippen molar-refractivity contribution in [1.29, 1.82) is 0 Å². The van der Waals surface area contributed by atoms with Gasteiger partial charge >= 0.3 is 11.9 Å². The first-order chi connectivity index (χ1) is 9.99. The van der Waals surface area contributed by atoms with Crippen molar-refractivity contribution < 1.29 is 23.8 Å². The normalized spacial score (nSPS) is 13.1. The molecular formula is C16H22O5. The molecule has 0 amide bonds. The molecule has 1 aromatic carbocycles. The van der Waals surface area contributed by atoms with Gasteiger partial charge in [-0.1, -0.05) is 25.1 Å². The van der Waals surface area contributed by atoms with Crippen molar-refractivity contribution in [2.75, 3.05) is 13.7 Å². The van der Waals surface area contributed by atoms with E-state index in [1.807, 2.05) is 31.2 Å². The Hall–Kier alpha value is -2.04. The van der Waals surface area contributed by atoms with Gasteiger partial charge < -0.3 is 14.2 Å². The molecule has 116 valence electrons. The molecule has 0 fully saturated rings. The number of esters is 2. The van der Waals surface area contributed by atoms with Crippen LogP contribution in [0.3, 0.4) is 0 Å². The molecule has 1 aromatic rings. The van der Waals surface area contributed by atoms with Gasteiger partial charge in [0.2, 0.25) is 0 Å². The van der Waals surface area contributed by atoms with Gasteiger partial charge in [-0.2, -0.15) is 0 Å². The Kier molecular flexibility index (Phi) is 6.72. The molecule has 0 bridgehead atoms. The summed E-state index contributed by atoms with van der Waals surface area (Å²) in [4.78, 5) is 23.1. The first kappa shape index (κ1) is 17.0. The van der Waals surface area contributed by atoms with Crippen LogP contribution in [0.2, 0.25) is 0 Å². The summed E-state index contributed by atoms with van der Waals surface area (Å²) < 4.78 is 15.2. The third kappa shape index (κ3) is 5.10. The quantitative estimate of drug-likeness (QED) is 0.722. The van der Waals surface area contributed by atoms with Crippen molar-refractivity contribution in [1.82, 2.24) is 0 Å². The molecule has 0 radical (unpaired) electrons. The minimum atomic E-state index is -0.560. The van der Waals surface area contributed by atoms with Gasteiger partial charge in [-0.3, -0.25) is 4.79 Å². The van der Waals surface area contributed by atoms with E-state index in [1.54, 1.807) is 13.8 Å². The lowest BCUT2D eigenvalue weighted by molar-refractivity contribution is -0.159. The molecule has 0 aliphatic carbocycles. The highest BCUT2D eigenvalue weighted by molar-refractivity contribution is 5.74. The number of para-hydroxylation sites is 1. The van der Waals surface area contributed by atoms with E-state index in [0.29, 0.717) is 5.75 Å². The monoisotopic (exact) mass is 294 g/mol. The smallest absolute Gasteiger partial charge is 0.344 e. The lowest BCUT2D eigenvalue weighted by Gasteiger charge is -2.18. The van der Waals surface area contributed by atoms with Crippen LogP contribution in [-0.2, 0) is 25.5 Å². The molecule has 0 spiro atoms. The van der Waals surface area contributed by atoms with Crippen LogP contribution in [0.25, 0.3) is 0 Å². The number of hydrogen-bond acceptors (Lipinski definition) is 5. The molecular weight excluding hydrogens is 272 g/mol. The Morgan fingerprint density at radius 2 is 1.86 bits per heavy atom. The second-order valence-electron chi connectivity index (χ2n) is 4.76. The maximum atomic E-state index is 11.7. The SMILES string of the molecule is CCc1ccccc1OCC(=O)O[C@H](C)[C@H](C)C(=O)OC. The fourth-order valence-corrected chi connectivity index (χ4v) is 1.79. The molecule has 0 aliphatic heterocycles. The van der Waals surface area contributed by atoms with Crippen molar-refractivity contribution in [3.63, 3.8) is 0 Å². The van der Waals surface area contributed by atoms with E-state index in [1.165, 1.54) is 7.11 Å². The fourth-order valence-electron chi connectivity index (χ4n) is 1.79. The highest BCUT2D eigenvalue weighted by Gasteiger charge is 2.24. The Labute approximate surface area is 125 Å². The van der Waals surface area contributed by atoms with Crippen molar-refractivity contribution in [2.24, 2.45) is 5.92 Å². The number of methoxy groups -OCH3 is 1. The molecule has 0 aromatic heterocycles. The summed E-state index contributed by atoms with van der Waals surface area (Å²) >= 11 is 0. The molecule has 2 atom stereocenters. The van der Waals surface area contributed by atoms with Gasteiger partial charge in [0.15, 0.2) is 6.61 Å². The number of benzene rings is 1. The molecule has 0 unspecified atom stereocenters. The largest absolute Gasteiger partial charge is 0.482 e. The van der Waals surface area contributed by atoms with E-state index in [4.69, 9.17) is 9.47 Å². The zero-order valence-corrected chi connectivity index (χ0v) is 12.9. The minimum absolute atomic E-state index is 0.185. The lowest BCUT2D eigenvalue weighted by atomic mass is 10.1. The van der Waals surface area contributed by atoms with Crippen LogP contribution in [0.15, 0.2) is 24.3 Å². The predicted octanol–water partition coefficient (Wildman–Crippen LogP) is 2.37. The summed E-state index contributed by atoms with van der Waals surface area (Å²) in [5.41, 5.74) is 1.03. The fraction of sp³-hybridized carbons (Fsp3) is 0.500. The molecule has 0 N–H and O–H groups in total. The van der Waals surface area contributed by atoms with E-state index in [0.717, 1.165) is 12.0 Å². The number of aryl methyl sites for hydroxylation is 1. The molecule has 5 heteroatoms. The molecule has 0 aliphatic rings. The van der Waals surface area contributed by atoms with E-state index in [2.05, 4.69) is 4.74 Å². The van der Waals surface area contributed by atoms with Crippen molar-refractivity contribution >= 4 is 11.9 Å². The van der Waals surface area contributed by atoms with E-state index >= 15 is 0 Å². The molecule has 0 saturated carbocycles. The highest BCUT2D eigenvalue weighted by Crippen LogP contribution is 2.18. The number of carbonyl (C=O) groups excluding carboxylic acids is 2. The van der Waals surface area contributed by atoms with E-state index < -0.39 is 24.0 Å². The van der Waals surface area contributed by atoms with Gasteiger partial charge in [-0.25, -0.2) is 4.79 Å². The number of hydrogen-bond donors (Lipinski definition) is 0. The van der Waals surface area contributed by atoms with Crippen LogP contribution in [0.4, 0.5) is 0 Å². The maximum Gasteiger partial charge on any atom is 0.344 e. The number of ether oxygens (including phenoxy) is 3. The Morgan fingerprint density at radius 1 is 1.19 bits per heavy atom. The van der Waals surface area contributed by atoms with Crippen molar-refractivity contribution in [3.8, 4) is 5.75 Å². The predicted molar refractivity (Wildman–Crippen MR) is 78.0 cm³/mol. The highest BCUT2D eigenvalue weighted by atomic mass is 16.6. The van der Waals surface area contributed by atoms with Crippen LogP contribution < -0.4 is 4.74 Å². The van der Waals surface area contributed by atoms with Crippen LogP contribution in [-0.4, -0.2) is 31.8 Å². The van der Waals surface area contributed by atoms with Gasteiger partial charge in [0.25, 0.3) is 0 Å². The third-order valence-electron chi connectivity index (χ3n) is 3.29. The van der Waals surface area contributed by atoms with Gasteiger partial charge in [0, 0.05) is 0 Å². The van der Waals surface area contributed by atoms with Crippen LogP contribution in [0.5, 0.6) is 5.75 Å². The zero-order valence-electron chi connectivity index (χ0n) is 12.9. The summed E-state index contributed by atoms with van der Waals surface area (Å²) in [7, 11) is 1.30. The average Bonchev–Trinajstić information content (AvgIpc) is 2.51. The summed E-state index contributed by atoms with van der Waals surface area (Å²) in [6, 6.07) is 7.53. The summed E-state index contributed by atoms with van der Waals surface area (Å²) in [5, 5.41) is 0. The lowest BCUT2D eigenvalue weighted by Crippen LogP contribution is -2.30.